The van der Waals surface area contributed by atoms with Gasteiger partial charge >= 0.3 is 6.18 Å². The molecule has 1 aromatic heterocycles. The Morgan fingerprint density at radius 3 is 2.26 bits per heavy atom. The maximum Gasteiger partial charge on any atom is 0.417 e. The van der Waals surface area contributed by atoms with Gasteiger partial charge in [0.05, 0.1) is 16.8 Å². The number of nitrogens with one attached hydrogen (secondary N) is 1. The molecule has 1 saturated heterocycles. The molecule has 2 aromatic carbocycles. The number of rotatable bonds is 4. The van der Waals surface area contributed by atoms with Crippen molar-refractivity contribution in [2.24, 2.45) is 0 Å². The molecule has 1 amide bonds. The van der Waals surface area contributed by atoms with Crippen LogP contribution in [0.1, 0.15) is 45.5 Å². The van der Waals surface area contributed by atoms with E-state index < -0.39 is 29.0 Å². The van der Waals surface area contributed by atoms with Crippen molar-refractivity contribution in [3.63, 3.8) is 0 Å². The summed E-state index contributed by atoms with van der Waals surface area (Å²) in [5, 5.41) is 11.6. The highest BCUT2D eigenvalue weighted by Crippen LogP contribution is 2.33. The molecule has 1 N–H and O–H groups in total. The van der Waals surface area contributed by atoms with Gasteiger partial charge in [-0.2, -0.15) is 13.2 Å². The Bertz CT molecular complexity index is 1230. The molecule has 1 aliphatic heterocycles. The summed E-state index contributed by atoms with van der Waals surface area (Å²) < 4.78 is 53.1. The van der Waals surface area contributed by atoms with Crippen molar-refractivity contribution in [3.05, 3.63) is 76.1 Å². The second-order valence-electron chi connectivity index (χ2n) is 8.91. The summed E-state index contributed by atoms with van der Waals surface area (Å²) in [5.74, 6) is -1.13. The van der Waals surface area contributed by atoms with Gasteiger partial charge in [0, 0.05) is 24.7 Å². The van der Waals surface area contributed by atoms with Crippen LogP contribution in [0, 0.1) is 26.6 Å². The van der Waals surface area contributed by atoms with Gasteiger partial charge in [-0.3, -0.25) is 4.79 Å². The van der Waals surface area contributed by atoms with E-state index in [0.717, 1.165) is 45.9 Å². The third kappa shape index (κ3) is 5.28. The van der Waals surface area contributed by atoms with Crippen LogP contribution in [0.3, 0.4) is 0 Å². The van der Waals surface area contributed by atoms with Crippen LogP contribution >= 0.6 is 0 Å². The van der Waals surface area contributed by atoms with Crippen LogP contribution in [0.2, 0.25) is 0 Å². The van der Waals surface area contributed by atoms with E-state index in [9.17, 15) is 22.4 Å². The number of benzene rings is 2. The van der Waals surface area contributed by atoms with Crippen molar-refractivity contribution >= 4 is 11.7 Å². The molecule has 0 aliphatic carbocycles. The van der Waals surface area contributed by atoms with E-state index in [2.05, 4.69) is 20.4 Å². The third-order valence-electron chi connectivity index (χ3n) is 6.48. The standard InChI is InChI=1S/C26H26F4N4O/c1-15-4-6-18(7-5-15)23-16(2)17(3)24(33-32-23)34-12-10-20(11-13-34)31-25(35)21-9-8-19(27)14-22(21)26(28,29)30/h4-9,14,20H,10-13H2,1-3H3,(H,31,35). The number of carbonyl (C=O) groups excluding carboxylic acids is 1. The van der Waals surface area contributed by atoms with Gasteiger partial charge in [0.2, 0.25) is 0 Å². The van der Waals surface area contributed by atoms with Crippen molar-refractivity contribution in [2.45, 2.75) is 45.8 Å². The SMILES string of the molecule is Cc1ccc(-c2nnc(N3CCC(NC(=O)c4ccc(F)cc4C(F)(F)F)CC3)c(C)c2C)cc1. The summed E-state index contributed by atoms with van der Waals surface area (Å²) in [6.45, 7) is 7.17. The highest BCUT2D eigenvalue weighted by molar-refractivity contribution is 5.96. The predicted molar refractivity (Wildman–Crippen MR) is 126 cm³/mol. The first-order valence-corrected chi connectivity index (χ1v) is 11.4. The number of aryl methyl sites for hydroxylation is 1. The number of nitrogens with zero attached hydrogens (tertiary/aromatic N) is 3. The quantitative estimate of drug-likeness (QED) is 0.486. The summed E-state index contributed by atoms with van der Waals surface area (Å²) in [7, 11) is 0. The Hall–Kier alpha value is -3.49. The highest BCUT2D eigenvalue weighted by Gasteiger charge is 2.36. The maximum atomic E-state index is 13.4. The molecule has 5 nitrogen and oxygen atoms in total. The lowest BCUT2D eigenvalue weighted by atomic mass is 10.00. The predicted octanol–water partition coefficient (Wildman–Crippen LogP) is 5.63. The molecule has 4 rings (SSSR count). The molecule has 0 unspecified atom stereocenters. The first-order chi connectivity index (χ1) is 16.5. The Kier molecular flexibility index (Phi) is 6.78. The van der Waals surface area contributed by atoms with Crippen molar-refractivity contribution in [2.75, 3.05) is 18.0 Å². The Labute approximate surface area is 201 Å². The molecule has 0 bridgehead atoms. The van der Waals surface area contributed by atoms with E-state index in [1.807, 2.05) is 45.0 Å². The molecule has 2 heterocycles. The Balaban J connectivity index is 1.44. The minimum Gasteiger partial charge on any atom is -0.355 e. The van der Waals surface area contributed by atoms with E-state index in [1.54, 1.807) is 0 Å². The Morgan fingerprint density at radius 2 is 1.63 bits per heavy atom. The van der Waals surface area contributed by atoms with Crippen LogP contribution in [0.5, 0.6) is 0 Å². The van der Waals surface area contributed by atoms with Gasteiger partial charge in [-0.25, -0.2) is 4.39 Å². The summed E-state index contributed by atoms with van der Waals surface area (Å²) in [5.41, 5.74) is 3.18. The van der Waals surface area contributed by atoms with Crippen LogP contribution in [0.15, 0.2) is 42.5 Å². The number of piperidine rings is 1. The summed E-state index contributed by atoms with van der Waals surface area (Å²) in [6.07, 6.45) is -3.75. The van der Waals surface area contributed by atoms with Gasteiger partial charge < -0.3 is 10.2 Å². The zero-order valence-electron chi connectivity index (χ0n) is 19.7. The van der Waals surface area contributed by atoms with E-state index in [-0.39, 0.29) is 6.04 Å². The number of alkyl halides is 3. The number of hydrogen-bond acceptors (Lipinski definition) is 4. The summed E-state index contributed by atoms with van der Waals surface area (Å²) >= 11 is 0. The van der Waals surface area contributed by atoms with Crippen LogP contribution in [0.25, 0.3) is 11.3 Å². The number of halogens is 4. The smallest absolute Gasteiger partial charge is 0.355 e. The number of amides is 1. The number of hydrogen-bond donors (Lipinski definition) is 1. The second-order valence-corrected chi connectivity index (χ2v) is 8.91. The fourth-order valence-corrected chi connectivity index (χ4v) is 4.33. The van der Waals surface area contributed by atoms with Gasteiger partial charge in [0.15, 0.2) is 5.82 Å². The van der Waals surface area contributed by atoms with E-state index in [1.165, 1.54) is 0 Å². The van der Waals surface area contributed by atoms with Crippen molar-refractivity contribution in [1.29, 1.82) is 0 Å². The molecule has 0 radical (unpaired) electrons. The first kappa shape index (κ1) is 24.6. The number of anilines is 1. The van der Waals surface area contributed by atoms with Gasteiger partial charge in [0.1, 0.15) is 5.82 Å². The van der Waals surface area contributed by atoms with Gasteiger partial charge in [-0.15, -0.1) is 10.2 Å². The Morgan fingerprint density at radius 1 is 0.971 bits per heavy atom. The lowest BCUT2D eigenvalue weighted by Crippen LogP contribution is -2.45. The highest BCUT2D eigenvalue weighted by atomic mass is 19.4. The monoisotopic (exact) mass is 486 g/mol. The zero-order chi connectivity index (χ0) is 25.3. The van der Waals surface area contributed by atoms with Gasteiger partial charge in [0.25, 0.3) is 5.91 Å². The minimum atomic E-state index is -4.82. The number of carbonyl (C=O) groups is 1. The second kappa shape index (κ2) is 9.64. The van der Waals surface area contributed by atoms with Crippen molar-refractivity contribution in [3.8, 4) is 11.3 Å². The van der Waals surface area contributed by atoms with Gasteiger partial charge in [-0.1, -0.05) is 29.8 Å². The van der Waals surface area contributed by atoms with Crippen molar-refractivity contribution in [1.82, 2.24) is 15.5 Å². The molecular weight excluding hydrogens is 460 g/mol. The maximum absolute atomic E-state index is 13.4. The molecule has 0 saturated carbocycles. The normalized spacial score (nSPS) is 14.8. The fraction of sp³-hybridized carbons (Fsp3) is 0.346. The summed E-state index contributed by atoms with van der Waals surface area (Å²) in [4.78, 5) is 14.6. The third-order valence-corrected chi connectivity index (χ3v) is 6.48. The van der Waals surface area contributed by atoms with E-state index in [4.69, 9.17) is 0 Å². The van der Waals surface area contributed by atoms with Gasteiger partial charge in [-0.05, 0) is 62.9 Å². The molecule has 0 spiro atoms. The molecule has 184 valence electrons. The molecule has 3 aromatic rings. The molecule has 9 heteroatoms. The van der Waals surface area contributed by atoms with Crippen LogP contribution in [-0.4, -0.2) is 35.2 Å². The molecule has 1 aliphatic rings. The molecule has 0 atom stereocenters. The zero-order valence-corrected chi connectivity index (χ0v) is 19.7. The van der Waals surface area contributed by atoms with Crippen LogP contribution in [0.4, 0.5) is 23.4 Å². The molecule has 1 fully saturated rings. The van der Waals surface area contributed by atoms with E-state index >= 15 is 0 Å². The molecule has 35 heavy (non-hydrogen) atoms. The average molecular weight is 487 g/mol. The fourth-order valence-electron chi connectivity index (χ4n) is 4.33. The lowest BCUT2D eigenvalue weighted by Gasteiger charge is -2.34. The van der Waals surface area contributed by atoms with E-state index in [0.29, 0.717) is 32.0 Å². The van der Waals surface area contributed by atoms with Crippen LogP contribution in [-0.2, 0) is 6.18 Å². The average Bonchev–Trinajstić information content (AvgIpc) is 2.81. The lowest BCUT2D eigenvalue weighted by molar-refractivity contribution is -0.138. The van der Waals surface area contributed by atoms with Crippen LogP contribution < -0.4 is 10.2 Å². The number of aromatic nitrogens is 2. The van der Waals surface area contributed by atoms with Crippen molar-refractivity contribution < 1.29 is 22.4 Å². The summed E-state index contributed by atoms with van der Waals surface area (Å²) in [6, 6.07) is 9.88. The minimum absolute atomic E-state index is 0.300. The molecular formula is C26H26F4N4O. The largest absolute Gasteiger partial charge is 0.417 e. The topological polar surface area (TPSA) is 58.1 Å². The first-order valence-electron chi connectivity index (χ1n) is 11.4.